The minimum Gasteiger partial charge on any atom is -0.355 e. The van der Waals surface area contributed by atoms with E-state index in [0.717, 1.165) is 25.1 Å². The van der Waals surface area contributed by atoms with E-state index in [-0.39, 0.29) is 5.91 Å². The maximum absolute atomic E-state index is 11.9. The molecule has 2 aromatic rings. The molecule has 130 valence electrons. The number of thioether (sulfide) groups is 1. The van der Waals surface area contributed by atoms with Gasteiger partial charge in [0.15, 0.2) is 0 Å². The Morgan fingerprint density at radius 1 is 1.21 bits per heavy atom. The van der Waals surface area contributed by atoms with Crippen molar-refractivity contribution in [2.45, 2.75) is 51.6 Å². The molecular formula is C17H25N5OS. The summed E-state index contributed by atoms with van der Waals surface area (Å²) in [5, 5.41) is 15.4. The van der Waals surface area contributed by atoms with E-state index in [4.69, 9.17) is 0 Å². The highest BCUT2D eigenvalue weighted by molar-refractivity contribution is 7.99. The maximum Gasteiger partial charge on any atom is 0.230 e. The number of nitrogens with zero attached hydrogens (tertiary/aromatic N) is 4. The highest BCUT2D eigenvalue weighted by Gasteiger charge is 2.11. The molecule has 0 unspecified atom stereocenters. The van der Waals surface area contributed by atoms with Crippen LogP contribution in [0.15, 0.2) is 23.4 Å². The fraction of sp³-hybridized carbons (Fsp3) is 0.529. The van der Waals surface area contributed by atoms with Gasteiger partial charge in [0, 0.05) is 6.54 Å². The summed E-state index contributed by atoms with van der Waals surface area (Å²) in [5.41, 5.74) is 3.32. The van der Waals surface area contributed by atoms with Crippen LogP contribution in [0.4, 0.5) is 0 Å². The molecule has 1 aromatic carbocycles. The molecule has 6 nitrogen and oxygen atoms in total. The summed E-state index contributed by atoms with van der Waals surface area (Å²) in [5.74, 6) is 0.338. The first-order valence-corrected chi connectivity index (χ1v) is 9.36. The second kappa shape index (κ2) is 9.42. The second-order valence-electron chi connectivity index (χ2n) is 5.84. The summed E-state index contributed by atoms with van der Waals surface area (Å²) < 4.78 is 1.67. The van der Waals surface area contributed by atoms with Crippen molar-refractivity contribution in [2.75, 3.05) is 12.3 Å². The third kappa shape index (κ3) is 5.33. The highest BCUT2D eigenvalue weighted by atomic mass is 32.2. The van der Waals surface area contributed by atoms with Gasteiger partial charge >= 0.3 is 0 Å². The smallest absolute Gasteiger partial charge is 0.230 e. The minimum absolute atomic E-state index is 0.0196. The molecule has 0 atom stereocenters. The average Bonchev–Trinajstić information content (AvgIpc) is 3.04. The third-order valence-corrected chi connectivity index (χ3v) is 4.78. The van der Waals surface area contributed by atoms with Crippen molar-refractivity contribution in [3.8, 4) is 5.69 Å². The zero-order chi connectivity index (χ0) is 17.4. The van der Waals surface area contributed by atoms with Crippen molar-refractivity contribution in [1.29, 1.82) is 0 Å². The first-order chi connectivity index (χ1) is 11.6. The molecular weight excluding hydrogens is 322 g/mol. The van der Waals surface area contributed by atoms with E-state index in [1.54, 1.807) is 4.68 Å². The van der Waals surface area contributed by atoms with E-state index in [9.17, 15) is 4.79 Å². The van der Waals surface area contributed by atoms with Crippen LogP contribution in [-0.4, -0.2) is 38.4 Å². The number of nitrogens with one attached hydrogen (secondary N) is 1. The number of unbranched alkanes of at least 4 members (excludes halogenated alkanes) is 3. The summed E-state index contributed by atoms with van der Waals surface area (Å²) >= 11 is 1.35. The van der Waals surface area contributed by atoms with E-state index in [0.29, 0.717) is 10.9 Å². The first kappa shape index (κ1) is 18.4. The lowest BCUT2D eigenvalue weighted by molar-refractivity contribution is -0.118. The van der Waals surface area contributed by atoms with Crippen molar-refractivity contribution >= 4 is 17.7 Å². The standard InChI is InChI=1S/C17H25N5OS/c1-4-5-6-7-10-18-16(23)12-24-17-19-20-21-22(17)15-9-8-13(2)14(3)11-15/h8-9,11H,4-7,10,12H2,1-3H3,(H,18,23). The van der Waals surface area contributed by atoms with Gasteiger partial charge in [0.1, 0.15) is 0 Å². The molecule has 0 aliphatic heterocycles. The number of rotatable bonds is 9. The Bertz CT molecular complexity index is 671. The predicted octanol–water partition coefficient (Wildman–Crippen LogP) is 3.07. The summed E-state index contributed by atoms with van der Waals surface area (Å²) in [6.45, 7) is 7.04. The third-order valence-electron chi connectivity index (χ3n) is 3.86. The Balaban J connectivity index is 1.87. The topological polar surface area (TPSA) is 72.7 Å². The van der Waals surface area contributed by atoms with Crippen LogP contribution in [-0.2, 0) is 4.79 Å². The molecule has 0 radical (unpaired) electrons. The van der Waals surface area contributed by atoms with Crippen LogP contribution < -0.4 is 5.32 Å². The highest BCUT2D eigenvalue weighted by Crippen LogP contribution is 2.19. The summed E-state index contributed by atoms with van der Waals surface area (Å²) in [6, 6.07) is 6.07. The fourth-order valence-electron chi connectivity index (χ4n) is 2.25. The number of amides is 1. The van der Waals surface area contributed by atoms with E-state index < -0.39 is 0 Å². The molecule has 0 aliphatic rings. The van der Waals surface area contributed by atoms with Gasteiger partial charge in [-0.05, 0) is 54.0 Å². The van der Waals surface area contributed by atoms with Crippen LogP contribution in [0, 0.1) is 13.8 Å². The van der Waals surface area contributed by atoms with Crippen molar-refractivity contribution < 1.29 is 4.79 Å². The molecule has 0 bridgehead atoms. The van der Waals surface area contributed by atoms with Crippen LogP contribution >= 0.6 is 11.8 Å². The molecule has 0 saturated carbocycles. The lowest BCUT2D eigenvalue weighted by Crippen LogP contribution is -2.26. The number of aryl methyl sites for hydroxylation is 2. The van der Waals surface area contributed by atoms with Gasteiger partial charge in [-0.15, -0.1) is 5.10 Å². The first-order valence-electron chi connectivity index (χ1n) is 8.37. The van der Waals surface area contributed by atoms with Crippen LogP contribution in [0.25, 0.3) is 5.69 Å². The van der Waals surface area contributed by atoms with Crippen molar-refractivity contribution in [3.05, 3.63) is 29.3 Å². The Kier molecular flexibility index (Phi) is 7.24. The second-order valence-corrected chi connectivity index (χ2v) is 6.78. The maximum atomic E-state index is 11.9. The summed E-state index contributed by atoms with van der Waals surface area (Å²) in [7, 11) is 0. The predicted molar refractivity (Wildman–Crippen MR) is 96.5 cm³/mol. The number of carbonyl (C=O) groups excluding carboxylic acids is 1. The fourth-order valence-corrected chi connectivity index (χ4v) is 2.97. The quantitative estimate of drug-likeness (QED) is 0.557. The number of tetrazole rings is 1. The zero-order valence-electron chi connectivity index (χ0n) is 14.6. The summed E-state index contributed by atoms with van der Waals surface area (Å²) in [4.78, 5) is 11.9. The van der Waals surface area contributed by atoms with Gasteiger partial charge in [-0.2, -0.15) is 4.68 Å². The van der Waals surface area contributed by atoms with Gasteiger partial charge in [-0.1, -0.05) is 44.0 Å². The monoisotopic (exact) mass is 347 g/mol. The van der Waals surface area contributed by atoms with Gasteiger partial charge in [0.05, 0.1) is 11.4 Å². The van der Waals surface area contributed by atoms with Gasteiger partial charge in [0.25, 0.3) is 0 Å². The van der Waals surface area contributed by atoms with E-state index >= 15 is 0 Å². The molecule has 0 saturated heterocycles. The molecule has 0 spiro atoms. The van der Waals surface area contributed by atoms with Gasteiger partial charge in [-0.3, -0.25) is 4.79 Å². The molecule has 0 fully saturated rings. The Labute approximate surface area is 147 Å². The largest absolute Gasteiger partial charge is 0.355 e. The molecule has 2 rings (SSSR count). The molecule has 7 heteroatoms. The zero-order valence-corrected chi connectivity index (χ0v) is 15.4. The van der Waals surface area contributed by atoms with Gasteiger partial charge < -0.3 is 5.32 Å². The molecule has 1 amide bonds. The summed E-state index contributed by atoms with van der Waals surface area (Å²) in [6.07, 6.45) is 4.61. The molecule has 1 N–H and O–H groups in total. The van der Waals surface area contributed by atoms with Gasteiger partial charge in [0.2, 0.25) is 11.1 Å². The SMILES string of the molecule is CCCCCCNC(=O)CSc1nnnn1-c1ccc(C)c(C)c1. The van der Waals surface area contributed by atoms with Crippen LogP contribution in [0.5, 0.6) is 0 Å². The van der Waals surface area contributed by atoms with Crippen molar-refractivity contribution in [3.63, 3.8) is 0 Å². The molecule has 0 aliphatic carbocycles. The number of hydrogen-bond acceptors (Lipinski definition) is 5. The van der Waals surface area contributed by atoms with Crippen molar-refractivity contribution in [1.82, 2.24) is 25.5 Å². The minimum atomic E-state index is 0.0196. The van der Waals surface area contributed by atoms with E-state index in [2.05, 4.69) is 41.6 Å². The van der Waals surface area contributed by atoms with Crippen LogP contribution in [0.1, 0.15) is 43.7 Å². The Morgan fingerprint density at radius 2 is 2.04 bits per heavy atom. The van der Waals surface area contributed by atoms with Crippen LogP contribution in [0.2, 0.25) is 0 Å². The molecule has 1 aromatic heterocycles. The lowest BCUT2D eigenvalue weighted by Gasteiger charge is -2.07. The normalized spacial score (nSPS) is 10.8. The molecule has 24 heavy (non-hydrogen) atoms. The Morgan fingerprint density at radius 3 is 2.79 bits per heavy atom. The molecule has 1 heterocycles. The average molecular weight is 347 g/mol. The number of carbonyl (C=O) groups is 1. The van der Waals surface area contributed by atoms with E-state index in [1.807, 2.05) is 18.2 Å². The Hall–Kier alpha value is -1.89. The van der Waals surface area contributed by atoms with Gasteiger partial charge in [-0.25, -0.2) is 0 Å². The number of hydrogen-bond donors (Lipinski definition) is 1. The van der Waals surface area contributed by atoms with E-state index in [1.165, 1.54) is 35.7 Å². The number of aromatic nitrogens is 4. The van der Waals surface area contributed by atoms with Crippen molar-refractivity contribution in [2.24, 2.45) is 0 Å². The number of benzene rings is 1. The lowest BCUT2D eigenvalue weighted by atomic mass is 10.1. The van der Waals surface area contributed by atoms with Crippen LogP contribution in [0.3, 0.4) is 0 Å².